The molecule has 6 heteroatoms. The Hall–Kier alpha value is -3.46. The average Bonchev–Trinajstić information content (AvgIpc) is 3.01. The van der Waals surface area contributed by atoms with Gasteiger partial charge in [0.05, 0.1) is 18.1 Å². The summed E-state index contributed by atoms with van der Waals surface area (Å²) in [5, 5.41) is 4.90. The van der Waals surface area contributed by atoms with Gasteiger partial charge in [-0.05, 0) is 24.3 Å². The van der Waals surface area contributed by atoms with Crippen LogP contribution in [-0.2, 0) is 0 Å². The SMILES string of the molecule is CN1NC=C2NCN(c3c(F)cc(C#Cc4ccccc4)cc3F)C=C21. The molecule has 0 bridgehead atoms. The predicted molar refractivity (Wildman–Crippen MR) is 96.3 cm³/mol. The average molecular weight is 350 g/mol. The molecular formula is C20H16F2N4. The van der Waals surface area contributed by atoms with Crippen molar-refractivity contribution in [1.29, 1.82) is 0 Å². The Morgan fingerprint density at radius 3 is 2.42 bits per heavy atom. The van der Waals surface area contributed by atoms with Gasteiger partial charge >= 0.3 is 0 Å². The zero-order chi connectivity index (χ0) is 18.1. The van der Waals surface area contributed by atoms with Crippen molar-refractivity contribution >= 4 is 5.69 Å². The maximum Gasteiger partial charge on any atom is 0.151 e. The highest BCUT2D eigenvalue weighted by Gasteiger charge is 2.25. The summed E-state index contributed by atoms with van der Waals surface area (Å²) in [4.78, 5) is 1.51. The van der Waals surface area contributed by atoms with Crippen LogP contribution in [0, 0.1) is 23.5 Å². The molecule has 0 atom stereocenters. The highest BCUT2D eigenvalue weighted by molar-refractivity contribution is 5.58. The van der Waals surface area contributed by atoms with Crippen molar-refractivity contribution in [3.05, 3.63) is 89.0 Å². The summed E-state index contributed by atoms with van der Waals surface area (Å²) < 4.78 is 29.2. The minimum atomic E-state index is -0.651. The van der Waals surface area contributed by atoms with Gasteiger partial charge in [0.2, 0.25) is 0 Å². The number of fused-ring (bicyclic) bond motifs is 1. The van der Waals surface area contributed by atoms with Crippen molar-refractivity contribution in [2.24, 2.45) is 0 Å². The van der Waals surface area contributed by atoms with Gasteiger partial charge in [-0.2, -0.15) is 0 Å². The standard InChI is InChI=1S/C20H16F2N4/c1-25-19-12-26(13-23-18(19)11-24-25)20-16(21)9-15(10-17(20)22)8-7-14-5-3-2-4-6-14/h2-6,9-12,23-24H,13H2,1H3. The molecule has 2 aromatic carbocycles. The van der Waals surface area contributed by atoms with E-state index in [0.29, 0.717) is 5.56 Å². The Kier molecular flexibility index (Phi) is 3.98. The van der Waals surface area contributed by atoms with E-state index in [0.717, 1.165) is 17.0 Å². The van der Waals surface area contributed by atoms with E-state index in [9.17, 15) is 8.78 Å². The normalized spacial score (nSPS) is 15.2. The molecular weight excluding hydrogens is 334 g/mol. The van der Waals surface area contributed by atoms with Crippen LogP contribution in [0.3, 0.4) is 0 Å². The highest BCUT2D eigenvalue weighted by Crippen LogP contribution is 2.29. The minimum Gasteiger partial charge on any atom is -0.364 e. The summed E-state index contributed by atoms with van der Waals surface area (Å²) in [5.74, 6) is 4.41. The zero-order valence-corrected chi connectivity index (χ0v) is 14.1. The second kappa shape index (κ2) is 6.45. The topological polar surface area (TPSA) is 30.5 Å². The number of likely N-dealkylation sites (N-methyl/N-ethyl adjacent to an activating group) is 1. The minimum absolute atomic E-state index is 0.102. The summed E-state index contributed by atoms with van der Waals surface area (Å²) in [6.07, 6.45) is 3.51. The lowest BCUT2D eigenvalue weighted by Gasteiger charge is -2.30. The maximum atomic E-state index is 14.6. The molecule has 0 radical (unpaired) electrons. The van der Waals surface area contributed by atoms with Gasteiger partial charge in [-0.3, -0.25) is 5.01 Å². The van der Waals surface area contributed by atoms with Crippen molar-refractivity contribution in [3.8, 4) is 11.8 Å². The molecule has 0 saturated heterocycles. The highest BCUT2D eigenvalue weighted by atomic mass is 19.1. The Morgan fingerprint density at radius 1 is 1.00 bits per heavy atom. The molecule has 0 aromatic heterocycles. The number of nitrogens with zero attached hydrogens (tertiary/aromatic N) is 2. The van der Waals surface area contributed by atoms with Crippen molar-refractivity contribution in [2.45, 2.75) is 0 Å². The molecule has 2 heterocycles. The molecule has 2 aliphatic heterocycles. The maximum absolute atomic E-state index is 14.6. The number of nitrogens with one attached hydrogen (secondary N) is 2. The van der Waals surface area contributed by atoms with Crippen LogP contribution >= 0.6 is 0 Å². The summed E-state index contributed by atoms with van der Waals surface area (Å²) in [6.45, 7) is 0.272. The molecule has 0 unspecified atom stereocenters. The van der Waals surface area contributed by atoms with Gasteiger partial charge in [0.25, 0.3) is 0 Å². The first-order valence-corrected chi connectivity index (χ1v) is 8.11. The first-order chi connectivity index (χ1) is 12.6. The van der Waals surface area contributed by atoms with Crippen LogP contribution < -0.4 is 15.6 Å². The second-order valence-corrected chi connectivity index (χ2v) is 5.97. The Balaban J connectivity index is 1.65. The molecule has 2 N–H and O–H groups in total. The smallest absolute Gasteiger partial charge is 0.151 e. The predicted octanol–water partition coefficient (Wildman–Crippen LogP) is 2.86. The first-order valence-electron chi connectivity index (χ1n) is 8.11. The number of hydrogen-bond donors (Lipinski definition) is 2. The Bertz CT molecular complexity index is 947. The molecule has 0 aliphatic carbocycles. The van der Waals surface area contributed by atoms with E-state index in [4.69, 9.17) is 0 Å². The van der Waals surface area contributed by atoms with Gasteiger partial charge < -0.3 is 15.6 Å². The number of rotatable bonds is 1. The molecule has 130 valence electrons. The van der Waals surface area contributed by atoms with Crippen LogP contribution in [0.4, 0.5) is 14.5 Å². The van der Waals surface area contributed by atoms with Crippen LogP contribution in [0.1, 0.15) is 11.1 Å². The van der Waals surface area contributed by atoms with Crippen LogP contribution in [0.25, 0.3) is 0 Å². The largest absolute Gasteiger partial charge is 0.364 e. The fourth-order valence-corrected chi connectivity index (χ4v) is 2.87. The third kappa shape index (κ3) is 2.95. The lowest BCUT2D eigenvalue weighted by Crippen LogP contribution is -2.38. The molecule has 4 nitrogen and oxygen atoms in total. The van der Waals surface area contributed by atoms with Gasteiger partial charge in [0.15, 0.2) is 11.6 Å². The third-order valence-electron chi connectivity index (χ3n) is 4.19. The van der Waals surface area contributed by atoms with Crippen molar-refractivity contribution in [2.75, 3.05) is 18.6 Å². The molecule has 0 fully saturated rings. The summed E-state index contributed by atoms with van der Waals surface area (Å²) in [7, 11) is 1.83. The third-order valence-corrected chi connectivity index (χ3v) is 4.19. The van der Waals surface area contributed by atoms with Gasteiger partial charge in [-0.25, -0.2) is 8.78 Å². The van der Waals surface area contributed by atoms with E-state index in [2.05, 4.69) is 22.6 Å². The fourth-order valence-electron chi connectivity index (χ4n) is 2.87. The van der Waals surface area contributed by atoms with E-state index in [1.54, 1.807) is 17.4 Å². The zero-order valence-electron chi connectivity index (χ0n) is 14.1. The van der Waals surface area contributed by atoms with Crippen molar-refractivity contribution in [3.63, 3.8) is 0 Å². The lowest BCUT2D eigenvalue weighted by molar-refractivity contribution is 0.377. The number of halogens is 2. The van der Waals surface area contributed by atoms with Gasteiger partial charge in [-0.1, -0.05) is 30.0 Å². The molecule has 2 aliphatic rings. The van der Waals surface area contributed by atoms with Gasteiger partial charge in [-0.15, -0.1) is 0 Å². The number of hydrogen-bond acceptors (Lipinski definition) is 4. The summed E-state index contributed by atoms with van der Waals surface area (Å²) in [5.41, 5.74) is 5.69. The lowest BCUT2D eigenvalue weighted by atomic mass is 10.1. The summed E-state index contributed by atoms with van der Waals surface area (Å²) in [6, 6.07) is 11.8. The first kappa shape index (κ1) is 16.0. The molecule has 0 amide bonds. The van der Waals surface area contributed by atoms with E-state index < -0.39 is 11.6 Å². The quantitative estimate of drug-likeness (QED) is 0.775. The van der Waals surface area contributed by atoms with Crippen molar-refractivity contribution in [1.82, 2.24) is 15.8 Å². The Morgan fingerprint density at radius 2 is 1.69 bits per heavy atom. The van der Waals surface area contributed by atoms with E-state index in [-0.39, 0.29) is 12.4 Å². The number of hydrazine groups is 1. The molecule has 4 rings (SSSR count). The molecule has 0 saturated carbocycles. The van der Waals surface area contributed by atoms with E-state index in [1.165, 1.54) is 17.0 Å². The second-order valence-electron chi connectivity index (χ2n) is 5.97. The van der Waals surface area contributed by atoms with E-state index >= 15 is 0 Å². The van der Waals surface area contributed by atoms with Gasteiger partial charge in [0, 0.05) is 30.6 Å². The molecule has 0 spiro atoms. The summed E-state index contributed by atoms with van der Waals surface area (Å²) >= 11 is 0. The van der Waals surface area contributed by atoms with Crippen LogP contribution in [-0.4, -0.2) is 18.7 Å². The number of anilines is 1. The number of benzene rings is 2. The van der Waals surface area contributed by atoms with Crippen LogP contribution in [0.2, 0.25) is 0 Å². The Labute approximate surface area is 150 Å². The monoisotopic (exact) mass is 350 g/mol. The molecule has 26 heavy (non-hydrogen) atoms. The van der Waals surface area contributed by atoms with Crippen molar-refractivity contribution < 1.29 is 8.78 Å². The van der Waals surface area contributed by atoms with E-state index in [1.807, 2.05) is 37.4 Å². The van der Waals surface area contributed by atoms with Crippen LogP contribution in [0.15, 0.2) is 66.3 Å². The van der Waals surface area contributed by atoms with Gasteiger partial charge in [0.1, 0.15) is 5.69 Å². The molecule has 2 aromatic rings. The fraction of sp³-hybridized carbons (Fsp3) is 0.100. The van der Waals surface area contributed by atoms with Crippen LogP contribution in [0.5, 0.6) is 0 Å².